The van der Waals surface area contributed by atoms with Gasteiger partial charge in [0.2, 0.25) is 5.91 Å². The molecule has 1 aromatic carbocycles. The van der Waals surface area contributed by atoms with Crippen LogP contribution in [0.2, 0.25) is 10.0 Å². The van der Waals surface area contributed by atoms with Gasteiger partial charge in [-0.3, -0.25) is 9.59 Å². The molecule has 0 aliphatic carbocycles. The number of azide groups is 1. The number of amides is 2. The van der Waals surface area contributed by atoms with E-state index in [1.807, 2.05) is 0 Å². The Morgan fingerprint density at radius 1 is 0.974 bits per heavy atom. The molecule has 39 heavy (non-hydrogen) atoms. The Balaban J connectivity index is 2.80. The first-order chi connectivity index (χ1) is 18.4. The van der Waals surface area contributed by atoms with E-state index in [-0.39, 0.29) is 46.0 Å². The quantitative estimate of drug-likeness (QED) is 0.0900. The van der Waals surface area contributed by atoms with E-state index in [0.29, 0.717) is 22.2 Å². The number of halogens is 2. The number of hydrogen-bond donors (Lipinski definition) is 2. The fourth-order valence-corrected chi connectivity index (χ4v) is 3.52. The van der Waals surface area contributed by atoms with Gasteiger partial charge in [-0.15, -0.1) is 0 Å². The van der Waals surface area contributed by atoms with Gasteiger partial charge >= 0.3 is 12.1 Å². The first kappa shape index (κ1) is 34.2. The summed E-state index contributed by atoms with van der Waals surface area (Å²) < 4.78 is 26.2. The SMILES string of the molecule is COC(=O)CC(NC(=O)[C@H](COCCOCCOCCN=[N+]=[N-])NC(=O)OC(C)(C)C)c1cc(Cl)cc(Cl)c1. The van der Waals surface area contributed by atoms with E-state index in [9.17, 15) is 14.4 Å². The number of rotatable bonds is 17. The lowest BCUT2D eigenvalue weighted by atomic mass is 10.0. The number of methoxy groups -OCH3 is 1. The van der Waals surface area contributed by atoms with Crippen LogP contribution in [0.4, 0.5) is 4.79 Å². The van der Waals surface area contributed by atoms with Gasteiger partial charge in [-0.25, -0.2) is 4.79 Å². The Labute approximate surface area is 237 Å². The topological polar surface area (TPSA) is 170 Å². The largest absolute Gasteiger partial charge is 0.469 e. The van der Waals surface area contributed by atoms with E-state index >= 15 is 0 Å². The van der Waals surface area contributed by atoms with Crippen molar-refractivity contribution in [1.82, 2.24) is 10.6 Å². The van der Waals surface area contributed by atoms with E-state index in [1.54, 1.807) is 32.9 Å². The summed E-state index contributed by atoms with van der Waals surface area (Å²) in [5.74, 6) is -1.22. The summed E-state index contributed by atoms with van der Waals surface area (Å²) in [5.41, 5.74) is 7.87. The molecular formula is C24H35Cl2N5O8. The molecule has 2 atom stereocenters. The first-order valence-corrected chi connectivity index (χ1v) is 12.8. The summed E-state index contributed by atoms with van der Waals surface area (Å²) in [6, 6.07) is 2.62. The molecule has 1 aromatic rings. The minimum absolute atomic E-state index is 0.119. The average Bonchev–Trinajstić information content (AvgIpc) is 2.84. The molecule has 0 radical (unpaired) electrons. The predicted molar refractivity (Wildman–Crippen MR) is 144 cm³/mol. The van der Waals surface area contributed by atoms with Gasteiger partial charge in [0.15, 0.2) is 0 Å². The molecule has 0 saturated carbocycles. The number of carbonyl (C=O) groups excluding carboxylic acids is 3. The summed E-state index contributed by atoms with van der Waals surface area (Å²) in [7, 11) is 1.23. The number of nitrogens with one attached hydrogen (secondary N) is 2. The Hall–Kier alpha value is -2.80. The summed E-state index contributed by atoms with van der Waals surface area (Å²) in [4.78, 5) is 40.3. The van der Waals surface area contributed by atoms with Gasteiger partial charge in [0.25, 0.3) is 0 Å². The molecule has 1 unspecified atom stereocenters. The zero-order chi connectivity index (χ0) is 29.3. The van der Waals surface area contributed by atoms with Gasteiger partial charge in [0.05, 0.1) is 59.2 Å². The molecule has 0 aromatic heterocycles. The van der Waals surface area contributed by atoms with Gasteiger partial charge in [-0.1, -0.05) is 28.3 Å². The lowest BCUT2D eigenvalue weighted by Crippen LogP contribution is -2.51. The third kappa shape index (κ3) is 16.0. The van der Waals surface area contributed by atoms with Crippen molar-refractivity contribution in [3.05, 3.63) is 44.3 Å². The second-order valence-corrected chi connectivity index (χ2v) is 9.87. The molecule has 0 fully saturated rings. The van der Waals surface area contributed by atoms with E-state index in [0.717, 1.165) is 0 Å². The van der Waals surface area contributed by atoms with Gasteiger partial charge in [-0.2, -0.15) is 0 Å². The monoisotopic (exact) mass is 591 g/mol. The zero-order valence-corrected chi connectivity index (χ0v) is 23.9. The van der Waals surface area contributed by atoms with Crippen LogP contribution >= 0.6 is 23.2 Å². The first-order valence-electron chi connectivity index (χ1n) is 12.0. The normalized spacial score (nSPS) is 12.6. The van der Waals surface area contributed by atoms with Gasteiger partial charge < -0.3 is 34.3 Å². The highest BCUT2D eigenvalue weighted by molar-refractivity contribution is 6.34. The molecule has 15 heteroatoms. The van der Waals surface area contributed by atoms with Crippen LogP contribution in [0.1, 0.15) is 38.8 Å². The van der Waals surface area contributed by atoms with Gasteiger partial charge in [0, 0.05) is 21.5 Å². The fraction of sp³-hybridized carbons (Fsp3) is 0.625. The molecule has 0 aliphatic heterocycles. The lowest BCUT2D eigenvalue weighted by molar-refractivity contribution is -0.141. The number of benzene rings is 1. The van der Waals surface area contributed by atoms with Crippen molar-refractivity contribution in [2.24, 2.45) is 5.11 Å². The van der Waals surface area contributed by atoms with Crippen LogP contribution in [0.5, 0.6) is 0 Å². The highest BCUT2D eigenvalue weighted by atomic mass is 35.5. The van der Waals surface area contributed by atoms with Crippen molar-refractivity contribution in [3.8, 4) is 0 Å². The van der Waals surface area contributed by atoms with Crippen LogP contribution in [0.15, 0.2) is 23.3 Å². The van der Waals surface area contributed by atoms with Crippen molar-refractivity contribution in [2.45, 2.75) is 44.9 Å². The molecule has 0 heterocycles. The maximum atomic E-state index is 13.2. The Morgan fingerprint density at radius 2 is 1.56 bits per heavy atom. The highest BCUT2D eigenvalue weighted by Crippen LogP contribution is 2.26. The molecular weight excluding hydrogens is 557 g/mol. The fourth-order valence-electron chi connectivity index (χ4n) is 2.97. The summed E-state index contributed by atoms with van der Waals surface area (Å²) >= 11 is 12.2. The minimum atomic E-state index is -1.17. The standard InChI is InChI=1S/C24H35Cl2N5O8/c1-24(2,3)39-23(34)30-20(15-38-10-9-37-8-7-36-6-5-28-31-27)22(33)29-19(14-21(32)35-4)16-11-17(25)13-18(26)12-16/h11-13,19-20H,5-10,14-15H2,1-4H3,(H,29,33)(H,30,34)/t19?,20-/m0/s1. The molecule has 2 N–H and O–H groups in total. The molecule has 1 rings (SSSR count). The van der Waals surface area contributed by atoms with E-state index < -0.39 is 35.7 Å². The van der Waals surface area contributed by atoms with Crippen LogP contribution in [-0.4, -0.2) is 82.9 Å². The molecule has 0 spiro atoms. The van der Waals surface area contributed by atoms with Gasteiger partial charge in [-0.05, 0) is 50.1 Å². The molecule has 13 nitrogen and oxygen atoms in total. The second-order valence-electron chi connectivity index (χ2n) is 9.00. The predicted octanol–water partition coefficient (Wildman–Crippen LogP) is 3.97. The number of alkyl carbamates (subject to hydrolysis) is 1. The number of hydrogen-bond acceptors (Lipinski definition) is 9. The molecule has 2 amide bonds. The third-order valence-electron chi connectivity index (χ3n) is 4.64. The lowest BCUT2D eigenvalue weighted by Gasteiger charge is -2.25. The van der Waals surface area contributed by atoms with Crippen molar-refractivity contribution in [3.63, 3.8) is 0 Å². The smallest absolute Gasteiger partial charge is 0.408 e. The van der Waals surface area contributed by atoms with E-state index in [2.05, 4.69) is 20.7 Å². The minimum Gasteiger partial charge on any atom is -0.469 e. The van der Waals surface area contributed by atoms with Crippen molar-refractivity contribution in [1.29, 1.82) is 0 Å². The summed E-state index contributed by atoms with van der Waals surface area (Å²) in [6.07, 6.45) is -1.03. The summed E-state index contributed by atoms with van der Waals surface area (Å²) in [6.45, 7) is 6.28. The second kappa shape index (κ2) is 18.5. The van der Waals surface area contributed by atoms with Crippen molar-refractivity contribution >= 4 is 41.2 Å². The third-order valence-corrected chi connectivity index (χ3v) is 5.07. The van der Waals surface area contributed by atoms with Gasteiger partial charge in [0.1, 0.15) is 11.6 Å². The van der Waals surface area contributed by atoms with E-state index in [1.165, 1.54) is 13.2 Å². The Bertz CT molecular complexity index is 966. The molecule has 218 valence electrons. The van der Waals surface area contributed by atoms with Crippen LogP contribution in [0.3, 0.4) is 0 Å². The maximum absolute atomic E-state index is 13.2. The van der Waals surface area contributed by atoms with Crippen LogP contribution in [-0.2, 0) is 33.3 Å². The number of carbonyl (C=O) groups is 3. The number of ether oxygens (including phenoxy) is 5. The van der Waals surface area contributed by atoms with Crippen LogP contribution < -0.4 is 10.6 Å². The Kier molecular flexibility index (Phi) is 16.2. The molecule has 0 bridgehead atoms. The van der Waals surface area contributed by atoms with Crippen LogP contribution in [0, 0.1) is 0 Å². The number of nitrogens with zero attached hydrogens (tertiary/aromatic N) is 3. The maximum Gasteiger partial charge on any atom is 0.408 e. The Morgan fingerprint density at radius 3 is 2.13 bits per heavy atom. The van der Waals surface area contributed by atoms with Crippen LogP contribution in [0.25, 0.3) is 10.4 Å². The van der Waals surface area contributed by atoms with Crippen molar-refractivity contribution < 1.29 is 38.1 Å². The van der Waals surface area contributed by atoms with Crippen molar-refractivity contribution in [2.75, 3.05) is 53.3 Å². The van der Waals surface area contributed by atoms with E-state index in [4.69, 9.17) is 52.4 Å². The highest BCUT2D eigenvalue weighted by Gasteiger charge is 2.28. The average molecular weight is 592 g/mol. The zero-order valence-electron chi connectivity index (χ0n) is 22.4. The molecule has 0 saturated heterocycles. The summed E-state index contributed by atoms with van der Waals surface area (Å²) in [5, 5.41) is 9.20. The number of esters is 1. The molecule has 0 aliphatic rings.